The van der Waals surface area contributed by atoms with Crippen molar-refractivity contribution in [1.29, 1.82) is 0 Å². The molecule has 0 fully saturated rings. The molecule has 2 aromatic carbocycles. The molecule has 0 bridgehead atoms. The first-order valence-corrected chi connectivity index (χ1v) is 12.7. The highest BCUT2D eigenvalue weighted by Crippen LogP contribution is 2.35. The van der Waals surface area contributed by atoms with E-state index < -0.39 is 48.3 Å². The molecule has 0 saturated carbocycles. The Labute approximate surface area is 226 Å². The van der Waals surface area contributed by atoms with Crippen LogP contribution in [0.15, 0.2) is 54.6 Å². The van der Waals surface area contributed by atoms with Crippen LogP contribution in [0.4, 0.5) is 29.3 Å². The van der Waals surface area contributed by atoms with E-state index in [4.69, 9.17) is 4.74 Å². The van der Waals surface area contributed by atoms with Gasteiger partial charge in [-0.25, -0.2) is 4.79 Å². The number of hydrogen-bond donors (Lipinski definition) is 2. The number of anilines is 2. The summed E-state index contributed by atoms with van der Waals surface area (Å²) >= 11 is 0. The Morgan fingerprint density at radius 1 is 1.00 bits per heavy atom. The number of nitrogens with one attached hydrogen (secondary N) is 2. The Bertz CT molecular complexity index is 1170. The molecule has 2 unspecified atom stereocenters. The summed E-state index contributed by atoms with van der Waals surface area (Å²) in [5.74, 6) is -1.61. The van der Waals surface area contributed by atoms with Gasteiger partial charge in [-0.05, 0) is 52.3 Å². The third-order valence-electron chi connectivity index (χ3n) is 5.99. The molecule has 3 amide bonds. The van der Waals surface area contributed by atoms with Gasteiger partial charge in [0.25, 0.3) is 5.91 Å². The summed E-state index contributed by atoms with van der Waals surface area (Å²) in [5.41, 5.74) is 0.472. The number of carbonyl (C=O) groups excluding carboxylic acids is 3. The van der Waals surface area contributed by atoms with Crippen LogP contribution in [0.25, 0.3) is 0 Å². The molecule has 1 heterocycles. The maximum absolute atomic E-state index is 13.6. The zero-order valence-corrected chi connectivity index (χ0v) is 22.7. The number of halogens is 3. The molecule has 0 radical (unpaired) electrons. The zero-order valence-electron chi connectivity index (χ0n) is 22.7. The lowest BCUT2D eigenvalue weighted by atomic mass is 10.0. The molecule has 0 spiro atoms. The number of ether oxygens (including phenoxy) is 1. The van der Waals surface area contributed by atoms with Gasteiger partial charge < -0.3 is 20.3 Å². The molecule has 1 aliphatic rings. The van der Waals surface area contributed by atoms with Crippen molar-refractivity contribution in [1.82, 2.24) is 10.6 Å². The van der Waals surface area contributed by atoms with Crippen LogP contribution < -0.4 is 20.4 Å². The van der Waals surface area contributed by atoms with Gasteiger partial charge in [0, 0.05) is 19.0 Å². The van der Waals surface area contributed by atoms with Gasteiger partial charge in [-0.2, -0.15) is 13.2 Å². The fraction of sp³-hybridized carbons (Fsp3) is 0.464. The van der Waals surface area contributed by atoms with E-state index in [1.54, 1.807) is 74.2 Å². The monoisotopic (exact) mass is 548 g/mol. The molecule has 11 heteroatoms. The number of carbonyl (C=O) groups is 3. The number of rotatable bonds is 7. The molecule has 0 saturated heterocycles. The van der Waals surface area contributed by atoms with Crippen molar-refractivity contribution in [2.24, 2.45) is 0 Å². The fourth-order valence-corrected chi connectivity index (χ4v) is 4.34. The first-order chi connectivity index (χ1) is 18.1. The third-order valence-corrected chi connectivity index (χ3v) is 5.99. The molecule has 2 aromatic rings. The lowest BCUT2D eigenvalue weighted by Crippen LogP contribution is -2.58. The molecule has 2 atom stereocenters. The number of hydrogen-bond acceptors (Lipinski definition) is 5. The quantitative estimate of drug-likeness (QED) is 0.534. The number of amides is 3. The predicted octanol–water partition coefficient (Wildman–Crippen LogP) is 4.43. The van der Waals surface area contributed by atoms with Crippen molar-refractivity contribution in [3.63, 3.8) is 0 Å². The smallest absolute Gasteiger partial charge is 0.408 e. The maximum Gasteiger partial charge on any atom is 0.408 e. The van der Waals surface area contributed by atoms with E-state index in [-0.39, 0.29) is 24.7 Å². The average Bonchev–Trinajstić information content (AvgIpc) is 2.93. The number of alkyl halides is 3. The van der Waals surface area contributed by atoms with Crippen LogP contribution in [-0.2, 0) is 20.7 Å². The zero-order chi connectivity index (χ0) is 29.0. The molecule has 0 aliphatic carbocycles. The second-order valence-electron chi connectivity index (χ2n) is 10.7. The van der Waals surface area contributed by atoms with E-state index in [2.05, 4.69) is 10.6 Å². The van der Waals surface area contributed by atoms with Crippen LogP contribution >= 0.6 is 0 Å². The first kappa shape index (κ1) is 29.8. The van der Waals surface area contributed by atoms with Gasteiger partial charge in [0.05, 0.1) is 11.4 Å². The van der Waals surface area contributed by atoms with Gasteiger partial charge >= 0.3 is 12.3 Å². The van der Waals surface area contributed by atoms with Crippen molar-refractivity contribution < 1.29 is 32.3 Å². The largest absolute Gasteiger partial charge is 0.444 e. The minimum Gasteiger partial charge on any atom is -0.444 e. The molecule has 0 aromatic heterocycles. The number of para-hydroxylation sites is 2. The number of alkyl carbamates (subject to hydrolysis) is 1. The Balaban J connectivity index is 1.93. The number of nitrogens with zero attached hydrogens (tertiary/aromatic N) is 2. The summed E-state index contributed by atoms with van der Waals surface area (Å²) in [6, 6.07) is 12.6. The van der Waals surface area contributed by atoms with E-state index in [9.17, 15) is 27.6 Å². The van der Waals surface area contributed by atoms with Gasteiger partial charge in [0.15, 0.2) is 0 Å². The predicted molar refractivity (Wildman–Crippen MR) is 143 cm³/mol. The lowest BCUT2D eigenvalue weighted by Gasteiger charge is -2.31. The van der Waals surface area contributed by atoms with E-state index >= 15 is 0 Å². The van der Waals surface area contributed by atoms with Gasteiger partial charge in [-0.1, -0.05) is 42.5 Å². The Hall–Kier alpha value is -3.76. The minimum absolute atomic E-state index is 0.0574. The summed E-state index contributed by atoms with van der Waals surface area (Å²) in [6.45, 7) is 7.16. The minimum atomic E-state index is -4.67. The molecule has 2 N–H and O–H groups in total. The summed E-state index contributed by atoms with van der Waals surface area (Å²) in [4.78, 5) is 42.1. The highest BCUT2D eigenvalue weighted by atomic mass is 19.4. The van der Waals surface area contributed by atoms with Gasteiger partial charge in [0.2, 0.25) is 5.91 Å². The lowest BCUT2D eigenvalue weighted by molar-refractivity contribution is -0.135. The summed E-state index contributed by atoms with van der Waals surface area (Å²) < 4.78 is 46.0. The van der Waals surface area contributed by atoms with Crippen LogP contribution in [0, 0.1) is 0 Å². The van der Waals surface area contributed by atoms with Crippen molar-refractivity contribution in [3.8, 4) is 0 Å². The van der Waals surface area contributed by atoms with E-state index in [0.29, 0.717) is 10.6 Å². The van der Waals surface area contributed by atoms with Crippen molar-refractivity contribution in [2.75, 3.05) is 22.9 Å². The molecule has 212 valence electrons. The second-order valence-corrected chi connectivity index (χ2v) is 10.7. The number of benzene rings is 2. The van der Waals surface area contributed by atoms with Gasteiger partial charge in [-0.3, -0.25) is 14.5 Å². The van der Waals surface area contributed by atoms with E-state index in [0.717, 1.165) is 5.56 Å². The van der Waals surface area contributed by atoms with E-state index in [1.165, 1.54) is 6.07 Å². The highest BCUT2D eigenvalue weighted by Gasteiger charge is 2.41. The standard InChI is InChI=1S/C28H35F3N4O4/c1-18(2)34-16-21(25(37)35(17-28(29,30)31)23-14-10-9-13-22(23)34)32-24(36)20(15-19-11-7-6-8-12-19)33-26(38)39-27(3,4)5/h6-14,18,20-21H,15-17H2,1-5H3,(H,32,36)(H,33,38). The van der Waals surface area contributed by atoms with E-state index in [1.807, 2.05) is 13.8 Å². The first-order valence-electron chi connectivity index (χ1n) is 12.7. The Morgan fingerprint density at radius 2 is 1.59 bits per heavy atom. The van der Waals surface area contributed by atoms with Gasteiger partial charge in [-0.15, -0.1) is 0 Å². The summed E-state index contributed by atoms with van der Waals surface area (Å²) in [6.07, 6.45) is -5.42. The molecule has 1 aliphatic heterocycles. The summed E-state index contributed by atoms with van der Waals surface area (Å²) in [5, 5.41) is 5.17. The number of fused-ring (bicyclic) bond motifs is 1. The van der Waals surface area contributed by atoms with Crippen LogP contribution in [-0.4, -0.2) is 60.9 Å². The third kappa shape index (κ3) is 8.36. The second kappa shape index (κ2) is 12.0. The normalized spacial score (nSPS) is 16.8. The topological polar surface area (TPSA) is 91.0 Å². The summed E-state index contributed by atoms with van der Waals surface area (Å²) in [7, 11) is 0. The Kier molecular flexibility index (Phi) is 9.14. The van der Waals surface area contributed by atoms with Gasteiger partial charge in [0.1, 0.15) is 24.2 Å². The maximum atomic E-state index is 13.6. The molecule has 39 heavy (non-hydrogen) atoms. The van der Waals surface area contributed by atoms with Crippen LogP contribution in [0.3, 0.4) is 0 Å². The fourth-order valence-electron chi connectivity index (χ4n) is 4.34. The van der Waals surface area contributed by atoms with Crippen LogP contribution in [0.5, 0.6) is 0 Å². The molecular formula is C28H35F3N4O4. The SMILES string of the molecule is CC(C)N1CC(NC(=O)C(Cc2ccccc2)NC(=O)OC(C)(C)C)C(=O)N(CC(F)(F)F)c2ccccc21. The van der Waals surface area contributed by atoms with Crippen LogP contribution in [0.1, 0.15) is 40.2 Å². The Morgan fingerprint density at radius 3 is 2.15 bits per heavy atom. The highest BCUT2D eigenvalue weighted by molar-refractivity contribution is 6.04. The molecule has 8 nitrogen and oxygen atoms in total. The average molecular weight is 549 g/mol. The van der Waals surface area contributed by atoms with Crippen molar-refractivity contribution in [2.45, 2.75) is 70.9 Å². The van der Waals surface area contributed by atoms with Crippen molar-refractivity contribution in [3.05, 3.63) is 60.2 Å². The molecular weight excluding hydrogens is 513 g/mol. The van der Waals surface area contributed by atoms with Crippen LogP contribution in [0.2, 0.25) is 0 Å². The van der Waals surface area contributed by atoms with Crippen molar-refractivity contribution >= 4 is 29.3 Å². The molecule has 3 rings (SSSR count).